The topological polar surface area (TPSA) is 144 Å². The van der Waals surface area contributed by atoms with E-state index in [4.69, 9.17) is 4.74 Å². The van der Waals surface area contributed by atoms with Crippen molar-refractivity contribution in [3.63, 3.8) is 0 Å². The van der Waals surface area contributed by atoms with E-state index in [-0.39, 0.29) is 22.6 Å². The molecule has 0 aliphatic heterocycles. The lowest BCUT2D eigenvalue weighted by atomic mass is 10.1. The number of hydrogen-bond donors (Lipinski definition) is 1. The highest BCUT2D eigenvalue weighted by molar-refractivity contribution is 7.11. The van der Waals surface area contributed by atoms with Crippen LogP contribution in [0.4, 0.5) is 17.1 Å². The Bertz CT molecular complexity index is 1180. The summed E-state index contributed by atoms with van der Waals surface area (Å²) in [6.45, 7) is 0. The van der Waals surface area contributed by atoms with Gasteiger partial charge in [0.2, 0.25) is 0 Å². The normalized spacial score (nSPS) is 10.9. The van der Waals surface area contributed by atoms with Crippen LogP contribution in [0, 0.1) is 31.6 Å². The third-order valence-corrected chi connectivity index (χ3v) is 4.88. The third-order valence-electron chi connectivity index (χ3n) is 4.00. The van der Waals surface area contributed by atoms with Crippen LogP contribution in [-0.2, 0) is 0 Å². The van der Waals surface area contributed by atoms with Gasteiger partial charge in [-0.3, -0.25) is 20.2 Å². The van der Waals surface area contributed by atoms with Crippen LogP contribution < -0.4 is 10.1 Å². The first-order valence-electron chi connectivity index (χ1n) is 8.33. The average Bonchev–Trinajstić information content (AvgIpc) is 3.24. The van der Waals surface area contributed by atoms with Crippen LogP contribution >= 0.6 is 11.3 Å². The zero-order valence-electron chi connectivity index (χ0n) is 15.4. The van der Waals surface area contributed by atoms with Gasteiger partial charge in [0.1, 0.15) is 28.1 Å². The summed E-state index contributed by atoms with van der Waals surface area (Å²) in [4.78, 5) is 25.4. The van der Waals surface area contributed by atoms with Gasteiger partial charge < -0.3 is 10.1 Å². The van der Waals surface area contributed by atoms with Gasteiger partial charge in [0, 0.05) is 29.3 Å². The number of anilines is 1. The van der Waals surface area contributed by atoms with Crippen molar-refractivity contribution in [3.8, 4) is 23.1 Å². The number of rotatable bonds is 7. The number of ether oxygens (including phenoxy) is 1. The summed E-state index contributed by atoms with van der Waals surface area (Å²) >= 11 is 1.21. The molecule has 0 saturated heterocycles. The van der Waals surface area contributed by atoms with Gasteiger partial charge in [0.05, 0.1) is 28.7 Å². The molecule has 0 spiro atoms. The Morgan fingerprint density at radius 3 is 2.53 bits per heavy atom. The maximum absolute atomic E-state index is 11.3. The smallest absolute Gasteiger partial charge is 0.296 e. The molecule has 0 bridgehead atoms. The molecule has 150 valence electrons. The van der Waals surface area contributed by atoms with Gasteiger partial charge >= 0.3 is 0 Å². The molecule has 0 aliphatic rings. The van der Waals surface area contributed by atoms with E-state index < -0.39 is 9.85 Å². The highest BCUT2D eigenvalue weighted by Crippen LogP contribution is 2.31. The van der Waals surface area contributed by atoms with Crippen molar-refractivity contribution >= 4 is 34.0 Å². The molecule has 3 rings (SSSR count). The molecule has 1 heterocycles. The fourth-order valence-corrected chi connectivity index (χ4v) is 3.28. The van der Waals surface area contributed by atoms with E-state index in [0.29, 0.717) is 22.0 Å². The number of nitro groups is 2. The molecule has 0 unspecified atom stereocenters. The lowest BCUT2D eigenvalue weighted by molar-refractivity contribution is -0.384. The van der Waals surface area contributed by atoms with Crippen molar-refractivity contribution < 1.29 is 14.6 Å². The second-order valence-corrected chi connectivity index (χ2v) is 6.65. The third kappa shape index (κ3) is 4.40. The number of methoxy groups -OCH3 is 1. The van der Waals surface area contributed by atoms with Crippen LogP contribution in [0.3, 0.4) is 0 Å². The lowest BCUT2D eigenvalue weighted by Gasteiger charge is -2.05. The van der Waals surface area contributed by atoms with Gasteiger partial charge in [-0.05, 0) is 24.3 Å². The average molecular weight is 423 g/mol. The van der Waals surface area contributed by atoms with Crippen LogP contribution in [-0.4, -0.2) is 21.9 Å². The molecule has 3 aromatic rings. The monoisotopic (exact) mass is 423 g/mol. The quantitative estimate of drug-likeness (QED) is 0.329. The number of hydrogen-bond acceptors (Lipinski definition) is 9. The Morgan fingerprint density at radius 2 is 1.93 bits per heavy atom. The van der Waals surface area contributed by atoms with E-state index in [2.05, 4.69) is 10.3 Å². The first-order chi connectivity index (χ1) is 14.4. The number of nitriles is 1. The summed E-state index contributed by atoms with van der Waals surface area (Å²) in [5.41, 5.74) is 1.37. The zero-order chi connectivity index (χ0) is 21.7. The van der Waals surface area contributed by atoms with Crippen molar-refractivity contribution in [2.75, 3.05) is 12.4 Å². The SMILES string of the molecule is COc1ccc(NC=C(C#N)c2nc(-c3ccc([N+](=O)[O-])cc3)cs2)c([N+](=O)[O-])c1. The highest BCUT2D eigenvalue weighted by Gasteiger charge is 2.16. The standard InChI is InChI=1S/C19H13N5O5S/c1-29-15-6-7-16(18(8-15)24(27)28)21-10-13(9-20)19-22-17(11-30-19)12-2-4-14(5-3-12)23(25)26/h2-8,10-11,21H,1H3. The molecule has 30 heavy (non-hydrogen) atoms. The highest BCUT2D eigenvalue weighted by atomic mass is 32.1. The van der Waals surface area contributed by atoms with E-state index in [1.54, 1.807) is 23.6 Å². The van der Waals surface area contributed by atoms with Crippen LogP contribution in [0.5, 0.6) is 5.75 Å². The summed E-state index contributed by atoms with van der Waals surface area (Å²) in [5.74, 6) is 0.337. The lowest BCUT2D eigenvalue weighted by Crippen LogP contribution is -1.98. The molecule has 0 atom stereocenters. The first kappa shape index (κ1) is 20.4. The van der Waals surface area contributed by atoms with E-state index >= 15 is 0 Å². The van der Waals surface area contributed by atoms with Crippen LogP contribution in [0.15, 0.2) is 54.0 Å². The van der Waals surface area contributed by atoms with Crippen LogP contribution in [0.2, 0.25) is 0 Å². The van der Waals surface area contributed by atoms with Gasteiger partial charge in [-0.25, -0.2) is 4.98 Å². The number of allylic oxidation sites excluding steroid dienone is 1. The molecular weight excluding hydrogens is 410 g/mol. The number of non-ortho nitro benzene ring substituents is 1. The molecule has 2 aromatic carbocycles. The van der Waals surface area contributed by atoms with Crippen molar-refractivity contribution in [1.82, 2.24) is 4.98 Å². The van der Waals surface area contributed by atoms with E-state index in [0.717, 1.165) is 0 Å². The molecular formula is C19H13N5O5S. The van der Waals surface area contributed by atoms with E-state index in [1.807, 2.05) is 6.07 Å². The number of nitrogens with zero attached hydrogens (tertiary/aromatic N) is 4. The van der Waals surface area contributed by atoms with Crippen molar-refractivity contribution in [1.29, 1.82) is 5.26 Å². The summed E-state index contributed by atoms with van der Waals surface area (Å²) in [6, 6.07) is 12.2. The largest absolute Gasteiger partial charge is 0.496 e. The molecule has 0 aliphatic carbocycles. The maximum Gasteiger partial charge on any atom is 0.296 e. The molecule has 1 aromatic heterocycles. The number of nitro benzene ring substituents is 2. The maximum atomic E-state index is 11.3. The summed E-state index contributed by atoms with van der Waals surface area (Å²) in [6.07, 6.45) is 1.34. The van der Waals surface area contributed by atoms with Crippen LogP contribution in [0.25, 0.3) is 16.8 Å². The van der Waals surface area contributed by atoms with Crippen molar-refractivity contribution in [3.05, 3.63) is 79.3 Å². The molecule has 1 N–H and O–H groups in total. The predicted octanol–water partition coefficient (Wildman–Crippen LogP) is 4.61. The minimum Gasteiger partial charge on any atom is -0.496 e. The van der Waals surface area contributed by atoms with Crippen molar-refractivity contribution in [2.24, 2.45) is 0 Å². The van der Waals surface area contributed by atoms with Gasteiger partial charge in [-0.2, -0.15) is 5.26 Å². The first-order valence-corrected chi connectivity index (χ1v) is 9.21. The Hall–Kier alpha value is -4.30. The Balaban J connectivity index is 1.85. The van der Waals surface area contributed by atoms with Gasteiger partial charge in [-0.1, -0.05) is 0 Å². The summed E-state index contributed by atoms with van der Waals surface area (Å²) in [5, 5.41) is 36.4. The Labute approximate surface area is 174 Å². The second kappa shape index (κ2) is 8.80. The van der Waals surface area contributed by atoms with Crippen molar-refractivity contribution in [2.45, 2.75) is 0 Å². The van der Waals surface area contributed by atoms with Crippen LogP contribution in [0.1, 0.15) is 5.01 Å². The number of thiazole rings is 1. The molecule has 0 fully saturated rings. The fourth-order valence-electron chi connectivity index (χ4n) is 2.49. The fraction of sp³-hybridized carbons (Fsp3) is 0.0526. The number of nitrogens with one attached hydrogen (secondary N) is 1. The minimum atomic E-state index is -0.555. The molecule has 11 heteroatoms. The van der Waals surface area contributed by atoms with E-state index in [1.165, 1.54) is 48.9 Å². The summed E-state index contributed by atoms with van der Waals surface area (Å²) < 4.78 is 5.00. The van der Waals surface area contributed by atoms with Gasteiger partial charge in [0.15, 0.2) is 0 Å². The summed E-state index contributed by atoms with van der Waals surface area (Å²) in [7, 11) is 1.41. The van der Waals surface area contributed by atoms with E-state index in [9.17, 15) is 25.5 Å². The molecule has 0 amide bonds. The van der Waals surface area contributed by atoms with Gasteiger partial charge in [-0.15, -0.1) is 11.3 Å². The number of aromatic nitrogens is 1. The minimum absolute atomic E-state index is 0.0305. The van der Waals surface area contributed by atoms with Gasteiger partial charge in [0.25, 0.3) is 11.4 Å². The Kier molecular flexibility index (Phi) is 6.00. The Morgan fingerprint density at radius 1 is 1.20 bits per heavy atom. The molecule has 0 saturated carbocycles. The molecule has 0 radical (unpaired) electrons. The second-order valence-electron chi connectivity index (χ2n) is 5.80. The zero-order valence-corrected chi connectivity index (χ0v) is 16.3. The molecule has 10 nitrogen and oxygen atoms in total. The predicted molar refractivity (Wildman–Crippen MR) is 111 cm³/mol. The number of benzene rings is 2.